The predicted molar refractivity (Wildman–Crippen MR) is 85.1 cm³/mol. The molecule has 0 aliphatic carbocycles. The summed E-state index contributed by atoms with van der Waals surface area (Å²) in [4.78, 5) is 19.9. The zero-order chi connectivity index (χ0) is 16.0. The van der Waals surface area contributed by atoms with Crippen LogP contribution in [0.3, 0.4) is 0 Å². The van der Waals surface area contributed by atoms with Crippen LogP contribution in [0.2, 0.25) is 0 Å². The van der Waals surface area contributed by atoms with Gasteiger partial charge in [-0.15, -0.1) is 5.10 Å². The maximum atomic E-state index is 11.3. The molecule has 3 aromatic heterocycles. The third-order valence-corrected chi connectivity index (χ3v) is 3.64. The second-order valence-corrected chi connectivity index (χ2v) is 5.02. The molecule has 4 aromatic rings. The lowest BCUT2D eigenvalue weighted by Crippen LogP contribution is -2.07. The average Bonchev–Trinajstić information content (AvgIpc) is 2.94. The molecule has 7 heteroatoms. The Morgan fingerprint density at radius 1 is 1.09 bits per heavy atom. The van der Waals surface area contributed by atoms with Gasteiger partial charge in [0.1, 0.15) is 0 Å². The van der Waals surface area contributed by atoms with Gasteiger partial charge in [0, 0.05) is 22.7 Å². The molecule has 3 N–H and O–H groups in total. The number of rotatable bonds is 2. The smallest absolute Gasteiger partial charge is 0.354 e. The first kappa shape index (κ1) is 13.2. The van der Waals surface area contributed by atoms with Gasteiger partial charge in [0.2, 0.25) is 5.95 Å². The highest BCUT2D eigenvalue weighted by molar-refractivity contribution is 5.98. The van der Waals surface area contributed by atoms with E-state index in [-0.39, 0.29) is 11.6 Å². The van der Waals surface area contributed by atoms with E-state index < -0.39 is 5.97 Å². The van der Waals surface area contributed by atoms with Crippen LogP contribution in [0.4, 0.5) is 5.95 Å². The van der Waals surface area contributed by atoms with E-state index in [2.05, 4.69) is 15.1 Å². The van der Waals surface area contributed by atoms with Gasteiger partial charge in [-0.1, -0.05) is 24.3 Å². The summed E-state index contributed by atoms with van der Waals surface area (Å²) in [6.45, 7) is 0. The van der Waals surface area contributed by atoms with Crippen molar-refractivity contribution in [1.29, 1.82) is 0 Å². The third-order valence-electron chi connectivity index (χ3n) is 3.64. The summed E-state index contributed by atoms with van der Waals surface area (Å²) in [5, 5.41) is 14.3. The van der Waals surface area contributed by atoms with E-state index in [1.165, 1.54) is 10.6 Å². The molecular formula is C16H11N5O2. The normalized spacial score (nSPS) is 11.1. The lowest BCUT2D eigenvalue weighted by Gasteiger charge is -2.08. The van der Waals surface area contributed by atoms with Crippen LogP contribution in [0, 0.1) is 0 Å². The number of carboxylic acid groups (broad SMARTS) is 1. The topological polar surface area (TPSA) is 106 Å². The number of hydrogen-bond acceptors (Lipinski definition) is 5. The molecule has 112 valence electrons. The van der Waals surface area contributed by atoms with E-state index in [0.29, 0.717) is 5.65 Å². The Balaban J connectivity index is 2.10. The molecule has 0 saturated carbocycles. The molecule has 0 unspecified atom stereocenters. The summed E-state index contributed by atoms with van der Waals surface area (Å²) in [6.07, 6.45) is 1.72. The largest absolute Gasteiger partial charge is 0.477 e. The number of pyridine rings is 2. The summed E-state index contributed by atoms with van der Waals surface area (Å²) in [5.74, 6) is -1.07. The maximum Gasteiger partial charge on any atom is 0.354 e. The van der Waals surface area contributed by atoms with Gasteiger partial charge in [-0.3, -0.25) is 4.98 Å². The van der Waals surface area contributed by atoms with Crippen LogP contribution in [0.1, 0.15) is 10.5 Å². The fraction of sp³-hybridized carbons (Fsp3) is 0. The second kappa shape index (κ2) is 4.77. The van der Waals surface area contributed by atoms with Gasteiger partial charge in [-0.05, 0) is 18.2 Å². The number of para-hydroxylation sites is 1. The Bertz CT molecular complexity index is 1070. The first-order chi connectivity index (χ1) is 11.1. The zero-order valence-electron chi connectivity index (χ0n) is 11.8. The highest BCUT2D eigenvalue weighted by Crippen LogP contribution is 2.30. The molecular weight excluding hydrogens is 294 g/mol. The molecule has 0 radical (unpaired) electrons. The average molecular weight is 305 g/mol. The first-order valence-corrected chi connectivity index (χ1v) is 6.88. The van der Waals surface area contributed by atoms with Crippen LogP contribution in [-0.2, 0) is 0 Å². The quantitative estimate of drug-likeness (QED) is 0.588. The van der Waals surface area contributed by atoms with Crippen LogP contribution in [0.5, 0.6) is 0 Å². The van der Waals surface area contributed by atoms with Crippen molar-refractivity contribution in [3.05, 3.63) is 54.4 Å². The molecule has 0 bridgehead atoms. The van der Waals surface area contributed by atoms with Crippen LogP contribution in [0.15, 0.2) is 48.7 Å². The fourth-order valence-electron chi connectivity index (χ4n) is 2.67. The molecule has 0 atom stereocenters. The Kier molecular flexibility index (Phi) is 2.74. The molecule has 0 aliphatic rings. The van der Waals surface area contributed by atoms with E-state index in [1.54, 1.807) is 12.3 Å². The molecule has 1 aromatic carbocycles. The molecule has 3 heterocycles. The standard InChI is InChI=1S/C16H11N5O2/c17-16-19-14-11(6-7-12(15(22)23)21(14)20-16)10-5-1-3-9-4-2-8-18-13(9)10/h1-8H,(H2,17,20)(H,22,23). The Morgan fingerprint density at radius 2 is 1.91 bits per heavy atom. The minimum Gasteiger partial charge on any atom is -0.477 e. The fourth-order valence-corrected chi connectivity index (χ4v) is 2.67. The number of benzene rings is 1. The summed E-state index contributed by atoms with van der Waals surface area (Å²) in [5.41, 5.74) is 8.44. The molecule has 4 rings (SSSR count). The van der Waals surface area contributed by atoms with Crippen LogP contribution in [-0.4, -0.2) is 30.7 Å². The minimum atomic E-state index is -1.09. The molecule has 7 nitrogen and oxygen atoms in total. The van der Waals surface area contributed by atoms with Crippen molar-refractivity contribution in [1.82, 2.24) is 19.6 Å². The SMILES string of the molecule is Nc1nc2c(-c3cccc4cccnc34)ccc(C(=O)O)n2n1. The number of carboxylic acids is 1. The maximum absolute atomic E-state index is 11.3. The molecule has 23 heavy (non-hydrogen) atoms. The first-order valence-electron chi connectivity index (χ1n) is 6.88. The van der Waals surface area contributed by atoms with Gasteiger partial charge in [0.05, 0.1) is 5.52 Å². The molecule has 0 saturated heterocycles. The molecule has 0 fully saturated rings. The van der Waals surface area contributed by atoms with Gasteiger partial charge < -0.3 is 10.8 Å². The predicted octanol–water partition coefficient (Wildman–Crippen LogP) is 2.22. The molecule has 0 amide bonds. The van der Waals surface area contributed by atoms with Crippen molar-refractivity contribution < 1.29 is 9.90 Å². The minimum absolute atomic E-state index is 0.00106. The van der Waals surface area contributed by atoms with Crippen LogP contribution < -0.4 is 5.73 Å². The van der Waals surface area contributed by atoms with Crippen molar-refractivity contribution in [2.24, 2.45) is 0 Å². The number of aromatic nitrogens is 4. The number of fused-ring (bicyclic) bond motifs is 2. The molecule has 0 spiro atoms. The number of aromatic carboxylic acids is 1. The zero-order valence-corrected chi connectivity index (χ0v) is 11.8. The second-order valence-electron chi connectivity index (χ2n) is 5.02. The van der Waals surface area contributed by atoms with Gasteiger partial charge in [0.15, 0.2) is 11.3 Å². The van der Waals surface area contributed by atoms with Crippen LogP contribution >= 0.6 is 0 Å². The van der Waals surface area contributed by atoms with E-state index in [0.717, 1.165) is 22.0 Å². The number of carbonyl (C=O) groups is 1. The van der Waals surface area contributed by atoms with Crippen molar-refractivity contribution in [2.45, 2.75) is 0 Å². The van der Waals surface area contributed by atoms with Crippen molar-refractivity contribution in [2.75, 3.05) is 5.73 Å². The third kappa shape index (κ3) is 1.98. The van der Waals surface area contributed by atoms with Crippen molar-refractivity contribution >= 4 is 28.5 Å². The number of nitrogen functional groups attached to an aromatic ring is 1. The Morgan fingerprint density at radius 3 is 2.74 bits per heavy atom. The highest BCUT2D eigenvalue weighted by atomic mass is 16.4. The van der Waals surface area contributed by atoms with E-state index in [9.17, 15) is 9.90 Å². The number of nitrogens with two attached hydrogens (primary N) is 1. The lowest BCUT2D eigenvalue weighted by atomic mass is 10.0. The Labute approximate surface area is 130 Å². The monoisotopic (exact) mass is 305 g/mol. The van der Waals surface area contributed by atoms with Gasteiger partial charge in [0.25, 0.3) is 0 Å². The van der Waals surface area contributed by atoms with Crippen molar-refractivity contribution in [3.8, 4) is 11.1 Å². The highest BCUT2D eigenvalue weighted by Gasteiger charge is 2.17. The molecule has 0 aliphatic heterocycles. The summed E-state index contributed by atoms with van der Waals surface area (Å²) in [7, 11) is 0. The van der Waals surface area contributed by atoms with E-state index in [1.807, 2.05) is 30.3 Å². The lowest BCUT2D eigenvalue weighted by molar-refractivity contribution is 0.0687. The Hall–Kier alpha value is -3.48. The van der Waals surface area contributed by atoms with Crippen LogP contribution in [0.25, 0.3) is 27.7 Å². The van der Waals surface area contributed by atoms with Gasteiger partial charge in [-0.25, -0.2) is 9.31 Å². The van der Waals surface area contributed by atoms with E-state index in [4.69, 9.17) is 5.73 Å². The summed E-state index contributed by atoms with van der Waals surface area (Å²) < 4.78 is 1.24. The summed E-state index contributed by atoms with van der Waals surface area (Å²) in [6, 6.07) is 12.8. The van der Waals surface area contributed by atoms with Gasteiger partial charge >= 0.3 is 5.97 Å². The van der Waals surface area contributed by atoms with E-state index >= 15 is 0 Å². The number of hydrogen-bond donors (Lipinski definition) is 2. The number of nitrogens with zero attached hydrogens (tertiary/aromatic N) is 4. The van der Waals surface area contributed by atoms with Crippen molar-refractivity contribution in [3.63, 3.8) is 0 Å². The van der Waals surface area contributed by atoms with Gasteiger partial charge in [-0.2, -0.15) is 4.98 Å². The summed E-state index contributed by atoms with van der Waals surface area (Å²) >= 11 is 0. The number of anilines is 1.